The number of carboxylic acids is 1. The molecule has 2 heterocycles. The van der Waals surface area contributed by atoms with Gasteiger partial charge in [0.2, 0.25) is 5.88 Å². The summed E-state index contributed by atoms with van der Waals surface area (Å²) in [6.07, 6.45) is 0.389. The number of carboxylic acid groups (broad SMARTS) is 1. The number of benzene rings is 1. The number of fused-ring (bicyclic) bond motifs is 1. The van der Waals surface area contributed by atoms with Crippen molar-refractivity contribution in [3.05, 3.63) is 30.0 Å². The molecule has 8 heteroatoms. The van der Waals surface area contributed by atoms with Crippen LogP contribution in [0.1, 0.15) is 23.7 Å². The van der Waals surface area contributed by atoms with E-state index in [0.29, 0.717) is 22.9 Å². The first-order chi connectivity index (χ1) is 12.5. The van der Waals surface area contributed by atoms with Crippen LogP contribution in [0.4, 0.5) is 4.39 Å². The molecule has 1 amide bonds. The standard InChI is InChI=1S/C18H19FN2O5/c1-3-10-14(21-16(22)15(10)19)8-26-17-12-6-9(25-2)7-13(18(23)24)11(12)4-5-20-17/h4-7,10,14-15H,3,8H2,1-2H3,(H,21,22)(H,23,24)/t10-,14+,15-/m0/s1. The maximum absolute atomic E-state index is 13.9. The van der Waals surface area contributed by atoms with Crippen LogP contribution in [-0.2, 0) is 4.79 Å². The smallest absolute Gasteiger partial charge is 0.336 e. The van der Waals surface area contributed by atoms with Crippen molar-refractivity contribution in [3.63, 3.8) is 0 Å². The lowest BCUT2D eigenvalue weighted by Gasteiger charge is -2.19. The Morgan fingerprint density at radius 3 is 2.81 bits per heavy atom. The Morgan fingerprint density at radius 2 is 2.15 bits per heavy atom. The van der Waals surface area contributed by atoms with Crippen LogP contribution in [0.15, 0.2) is 24.4 Å². The highest BCUT2D eigenvalue weighted by molar-refractivity contribution is 6.05. The van der Waals surface area contributed by atoms with Crippen LogP contribution >= 0.6 is 0 Å². The zero-order valence-electron chi connectivity index (χ0n) is 14.4. The number of nitrogens with zero attached hydrogens (tertiary/aromatic N) is 1. The van der Waals surface area contributed by atoms with E-state index in [1.165, 1.54) is 19.4 Å². The zero-order valence-corrected chi connectivity index (χ0v) is 14.4. The molecule has 1 saturated heterocycles. The lowest BCUT2D eigenvalue weighted by Crippen LogP contribution is -2.34. The molecule has 26 heavy (non-hydrogen) atoms. The molecular weight excluding hydrogens is 343 g/mol. The molecule has 138 valence electrons. The number of rotatable bonds is 6. The lowest BCUT2D eigenvalue weighted by molar-refractivity contribution is -0.123. The first kappa shape index (κ1) is 17.9. The van der Waals surface area contributed by atoms with Gasteiger partial charge in [0.05, 0.1) is 18.7 Å². The minimum atomic E-state index is -1.55. The monoisotopic (exact) mass is 362 g/mol. The average molecular weight is 362 g/mol. The number of hydrogen-bond acceptors (Lipinski definition) is 5. The molecule has 0 unspecified atom stereocenters. The van der Waals surface area contributed by atoms with Gasteiger partial charge in [0, 0.05) is 22.9 Å². The van der Waals surface area contributed by atoms with Crippen molar-refractivity contribution in [2.75, 3.05) is 13.7 Å². The lowest BCUT2D eigenvalue weighted by atomic mass is 9.97. The van der Waals surface area contributed by atoms with Crippen molar-refractivity contribution in [1.29, 1.82) is 0 Å². The van der Waals surface area contributed by atoms with Gasteiger partial charge in [-0.25, -0.2) is 14.2 Å². The summed E-state index contributed by atoms with van der Waals surface area (Å²) in [7, 11) is 1.44. The molecule has 0 aliphatic carbocycles. The van der Waals surface area contributed by atoms with E-state index in [9.17, 15) is 19.1 Å². The zero-order chi connectivity index (χ0) is 18.8. The number of pyridine rings is 1. The second-order valence-corrected chi connectivity index (χ2v) is 6.09. The maximum Gasteiger partial charge on any atom is 0.336 e. The van der Waals surface area contributed by atoms with E-state index in [-0.39, 0.29) is 18.1 Å². The fraction of sp³-hybridized carbons (Fsp3) is 0.389. The number of halogens is 1. The van der Waals surface area contributed by atoms with E-state index in [2.05, 4.69) is 10.3 Å². The summed E-state index contributed by atoms with van der Waals surface area (Å²) in [5.74, 6) is -1.64. The highest BCUT2D eigenvalue weighted by atomic mass is 19.1. The summed E-state index contributed by atoms with van der Waals surface area (Å²) < 4.78 is 24.8. The third-order valence-electron chi connectivity index (χ3n) is 4.62. The highest BCUT2D eigenvalue weighted by Gasteiger charge is 2.41. The Hall–Kier alpha value is -2.90. The van der Waals surface area contributed by atoms with E-state index >= 15 is 0 Å². The largest absolute Gasteiger partial charge is 0.497 e. The van der Waals surface area contributed by atoms with Crippen LogP contribution in [0, 0.1) is 5.92 Å². The van der Waals surface area contributed by atoms with Gasteiger partial charge in [-0.1, -0.05) is 6.92 Å². The molecule has 3 atom stereocenters. The maximum atomic E-state index is 13.9. The van der Waals surface area contributed by atoms with Gasteiger partial charge >= 0.3 is 5.97 Å². The Labute approximate surface area is 149 Å². The topological polar surface area (TPSA) is 97.8 Å². The first-order valence-corrected chi connectivity index (χ1v) is 8.23. The van der Waals surface area contributed by atoms with Crippen molar-refractivity contribution in [1.82, 2.24) is 10.3 Å². The van der Waals surface area contributed by atoms with E-state index in [0.717, 1.165) is 0 Å². The van der Waals surface area contributed by atoms with Crippen molar-refractivity contribution in [2.45, 2.75) is 25.6 Å². The van der Waals surface area contributed by atoms with Gasteiger partial charge in [-0.15, -0.1) is 0 Å². The molecule has 1 aromatic heterocycles. The Bertz CT molecular complexity index is 857. The third-order valence-corrected chi connectivity index (χ3v) is 4.62. The summed E-state index contributed by atoms with van der Waals surface area (Å²) in [5.41, 5.74) is 0.0658. The predicted molar refractivity (Wildman–Crippen MR) is 91.4 cm³/mol. The molecule has 2 N–H and O–H groups in total. The summed E-state index contributed by atoms with van der Waals surface area (Å²) >= 11 is 0. The minimum Gasteiger partial charge on any atom is -0.497 e. The van der Waals surface area contributed by atoms with Crippen molar-refractivity contribution < 1.29 is 28.6 Å². The number of alkyl halides is 1. The van der Waals surface area contributed by atoms with Crippen LogP contribution in [0.5, 0.6) is 11.6 Å². The molecular formula is C18H19FN2O5. The molecule has 0 saturated carbocycles. The highest BCUT2D eigenvalue weighted by Crippen LogP contribution is 2.31. The van der Waals surface area contributed by atoms with Crippen LogP contribution in [0.3, 0.4) is 0 Å². The summed E-state index contributed by atoms with van der Waals surface area (Å²) in [5, 5.41) is 12.9. The van der Waals surface area contributed by atoms with Gasteiger partial charge in [0.25, 0.3) is 5.91 Å². The van der Waals surface area contributed by atoms with E-state index < -0.39 is 30.0 Å². The van der Waals surface area contributed by atoms with Crippen molar-refractivity contribution >= 4 is 22.6 Å². The van der Waals surface area contributed by atoms with Crippen LogP contribution < -0.4 is 14.8 Å². The number of methoxy groups -OCH3 is 1. The van der Waals surface area contributed by atoms with Crippen LogP contribution in [0.2, 0.25) is 0 Å². The number of amides is 1. The number of nitrogens with one attached hydrogen (secondary N) is 1. The summed E-state index contributed by atoms with van der Waals surface area (Å²) in [6, 6.07) is 4.16. The fourth-order valence-electron chi connectivity index (χ4n) is 3.24. The van der Waals surface area contributed by atoms with Gasteiger partial charge in [-0.3, -0.25) is 4.79 Å². The van der Waals surface area contributed by atoms with Gasteiger partial charge in [0.15, 0.2) is 6.17 Å². The predicted octanol–water partition coefficient (Wildman–Crippen LogP) is 2.18. The molecule has 1 aromatic carbocycles. The molecule has 7 nitrogen and oxygen atoms in total. The first-order valence-electron chi connectivity index (χ1n) is 8.23. The molecule has 0 bridgehead atoms. The van der Waals surface area contributed by atoms with E-state index in [4.69, 9.17) is 9.47 Å². The van der Waals surface area contributed by atoms with Gasteiger partial charge in [0.1, 0.15) is 12.4 Å². The molecule has 1 fully saturated rings. The number of carbonyl (C=O) groups excluding carboxylic acids is 1. The number of aromatic carboxylic acids is 1. The second kappa shape index (κ2) is 7.15. The Kier molecular flexibility index (Phi) is 4.92. The Morgan fingerprint density at radius 1 is 1.38 bits per heavy atom. The number of carbonyl (C=O) groups is 2. The summed E-state index contributed by atoms with van der Waals surface area (Å²) in [4.78, 5) is 27.2. The number of ether oxygens (including phenoxy) is 2. The molecule has 3 rings (SSSR count). The SMILES string of the molecule is CC[C@@H]1[C@H](F)C(=O)N[C@@H]1COc1nccc2c(C(=O)O)cc(OC)cc12. The number of hydrogen-bond donors (Lipinski definition) is 2. The minimum absolute atomic E-state index is 0.0381. The van der Waals surface area contributed by atoms with Crippen LogP contribution in [-0.4, -0.2) is 47.9 Å². The van der Waals surface area contributed by atoms with Gasteiger partial charge < -0.3 is 19.9 Å². The van der Waals surface area contributed by atoms with Crippen LogP contribution in [0.25, 0.3) is 10.8 Å². The Balaban J connectivity index is 1.92. The molecule has 2 aromatic rings. The molecule has 0 spiro atoms. The van der Waals surface area contributed by atoms with E-state index in [1.54, 1.807) is 12.1 Å². The average Bonchev–Trinajstić information content (AvgIpc) is 2.92. The molecule has 1 aliphatic rings. The van der Waals surface area contributed by atoms with Crippen molar-refractivity contribution in [2.24, 2.45) is 5.92 Å². The number of aromatic nitrogens is 1. The third kappa shape index (κ3) is 3.14. The van der Waals surface area contributed by atoms with E-state index in [1.807, 2.05) is 6.92 Å². The normalized spacial score (nSPS) is 22.3. The molecule has 1 aliphatic heterocycles. The molecule has 0 radical (unpaired) electrons. The van der Waals surface area contributed by atoms with Gasteiger partial charge in [-0.2, -0.15) is 0 Å². The fourth-order valence-corrected chi connectivity index (χ4v) is 3.24. The second-order valence-electron chi connectivity index (χ2n) is 6.09. The van der Waals surface area contributed by atoms with Crippen molar-refractivity contribution in [3.8, 4) is 11.6 Å². The quantitative estimate of drug-likeness (QED) is 0.817. The van der Waals surface area contributed by atoms with Gasteiger partial charge in [-0.05, 0) is 24.6 Å². The summed E-state index contributed by atoms with van der Waals surface area (Å²) in [6.45, 7) is 1.85.